The highest BCUT2D eigenvalue weighted by atomic mass is 32.2. The molecule has 0 spiro atoms. The maximum Gasteiger partial charge on any atom is 0.422 e. The Labute approximate surface area is 171 Å². The van der Waals surface area contributed by atoms with E-state index >= 15 is 0 Å². The summed E-state index contributed by atoms with van der Waals surface area (Å²) < 4.78 is 70.8. The van der Waals surface area contributed by atoms with E-state index in [9.17, 15) is 31.2 Å². The molecule has 1 aliphatic rings. The monoisotopic (exact) mass is 455 g/mol. The summed E-state index contributed by atoms with van der Waals surface area (Å²) in [5.41, 5.74) is 0.473. The van der Waals surface area contributed by atoms with Crippen molar-refractivity contribution in [3.63, 3.8) is 0 Å². The van der Waals surface area contributed by atoms with Gasteiger partial charge < -0.3 is 14.2 Å². The summed E-state index contributed by atoms with van der Waals surface area (Å²) >= 11 is 0. The number of imide groups is 1. The van der Waals surface area contributed by atoms with E-state index < -0.39 is 34.6 Å². The highest BCUT2D eigenvalue weighted by molar-refractivity contribution is 7.91. The van der Waals surface area contributed by atoms with Gasteiger partial charge in [-0.1, -0.05) is 18.5 Å². The highest BCUT2D eigenvalue weighted by Crippen LogP contribution is 2.29. The van der Waals surface area contributed by atoms with E-state index in [1.54, 1.807) is 6.92 Å². The lowest BCUT2D eigenvalue weighted by Gasteiger charge is -2.13. The molecule has 1 aliphatic heterocycles. The maximum absolute atomic E-state index is 12.3. The Morgan fingerprint density at radius 3 is 2.57 bits per heavy atom. The number of amides is 3. The van der Waals surface area contributed by atoms with Crippen LogP contribution in [0.3, 0.4) is 0 Å². The fourth-order valence-corrected chi connectivity index (χ4v) is 4.81. The van der Waals surface area contributed by atoms with Crippen molar-refractivity contribution < 1.29 is 40.4 Å². The summed E-state index contributed by atoms with van der Waals surface area (Å²) in [4.78, 5) is 23.9. The number of urea groups is 1. The van der Waals surface area contributed by atoms with Crippen LogP contribution in [-0.4, -0.2) is 67.8 Å². The topological polar surface area (TPSA) is 119 Å². The molecule has 0 saturated carbocycles. The molecule has 2 heterocycles. The van der Waals surface area contributed by atoms with E-state index in [2.05, 4.69) is 15.2 Å². The Kier molecular flexibility index (Phi) is 7.72. The van der Waals surface area contributed by atoms with Crippen molar-refractivity contribution >= 4 is 21.8 Å². The zero-order valence-electron chi connectivity index (χ0n) is 16.6. The number of hydrogen-bond acceptors (Lipinski definition) is 7. The van der Waals surface area contributed by atoms with Crippen LogP contribution in [0.25, 0.3) is 0 Å². The van der Waals surface area contributed by atoms with Crippen molar-refractivity contribution in [2.24, 2.45) is 0 Å². The van der Waals surface area contributed by atoms with Crippen molar-refractivity contribution in [2.75, 3.05) is 31.2 Å². The fraction of sp³-hybridized carbons (Fsp3) is 0.706. The third-order valence-electron chi connectivity index (χ3n) is 4.51. The minimum atomic E-state index is -4.53. The lowest BCUT2D eigenvalue weighted by molar-refractivity contribution is -0.156. The van der Waals surface area contributed by atoms with Gasteiger partial charge in [0.2, 0.25) is 5.91 Å². The number of hydrogen-bond donors (Lipinski definition) is 1. The van der Waals surface area contributed by atoms with Gasteiger partial charge in [0.1, 0.15) is 6.54 Å². The standard InChI is InChI=1S/C17H24F3N3O6S/c1-11(14-12(2)15(29-22-14)28-10-17(18,19)20)9-30(26,27)7-5-3-4-6-23-8-13(24)21-16(23)25/h11H,3-10H2,1-2H3,(H,21,24,25). The van der Waals surface area contributed by atoms with Gasteiger partial charge in [-0.05, 0) is 19.8 Å². The Morgan fingerprint density at radius 1 is 1.27 bits per heavy atom. The molecule has 1 N–H and O–H groups in total. The number of sulfone groups is 1. The average Bonchev–Trinajstić information content (AvgIpc) is 3.13. The number of alkyl halides is 3. The zero-order valence-corrected chi connectivity index (χ0v) is 17.4. The van der Waals surface area contributed by atoms with Crippen LogP contribution in [0.5, 0.6) is 5.95 Å². The second-order valence-corrected chi connectivity index (χ2v) is 9.46. The molecule has 1 fully saturated rings. The first kappa shape index (κ1) is 24.0. The molecular weight excluding hydrogens is 431 g/mol. The first-order chi connectivity index (χ1) is 13.9. The van der Waals surface area contributed by atoms with Crippen molar-refractivity contribution in [1.82, 2.24) is 15.4 Å². The summed E-state index contributed by atoms with van der Waals surface area (Å²) in [6, 6.07) is -0.442. The van der Waals surface area contributed by atoms with Crippen molar-refractivity contribution in [3.8, 4) is 5.95 Å². The predicted octanol–water partition coefficient (Wildman–Crippen LogP) is 2.16. The summed E-state index contributed by atoms with van der Waals surface area (Å²) in [7, 11) is -3.44. The maximum atomic E-state index is 12.3. The van der Waals surface area contributed by atoms with Crippen LogP contribution in [-0.2, 0) is 14.6 Å². The molecule has 0 bridgehead atoms. The number of unbranched alkanes of at least 4 members (excludes halogenated alkanes) is 2. The lowest BCUT2D eigenvalue weighted by atomic mass is 10.1. The SMILES string of the molecule is Cc1c(C(C)CS(=O)(=O)CCCCCN2CC(=O)NC2=O)noc1OCC(F)(F)F. The molecule has 1 atom stereocenters. The molecule has 1 aromatic rings. The van der Waals surface area contributed by atoms with E-state index in [-0.39, 0.29) is 41.2 Å². The predicted molar refractivity (Wildman–Crippen MR) is 98.8 cm³/mol. The molecule has 0 aliphatic carbocycles. The third kappa shape index (κ3) is 7.18. The second-order valence-electron chi connectivity index (χ2n) is 7.24. The van der Waals surface area contributed by atoms with E-state index in [1.165, 1.54) is 11.8 Å². The minimum absolute atomic E-state index is 0.0143. The third-order valence-corrected chi connectivity index (χ3v) is 6.42. The van der Waals surface area contributed by atoms with Crippen LogP contribution < -0.4 is 10.1 Å². The molecule has 2 rings (SSSR count). The molecular formula is C17H24F3N3O6S. The number of nitrogens with one attached hydrogen (secondary N) is 1. The van der Waals surface area contributed by atoms with Crippen molar-refractivity contribution in [1.29, 1.82) is 0 Å². The van der Waals surface area contributed by atoms with Gasteiger partial charge in [-0.2, -0.15) is 13.2 Å². The molecule has 170 valence electrons. The van der Waals surface area contributed by atoms with Gasteiger partial charge in [0.15, 0.2) is 16.4 Å². The van der Waals surface area contributed by atoms with E-state index in [4.69, 9.17) is 4.52 Å². The number of halogens is 3. The summed E-state index contributed by atoms with van der Waals surface area (Å²) in [5, 5.41) is 5.83. The fourth-order valence-electron chi connectivity index (χ4n) is 3.08. The number of carbonyl (C=O) groups is 2. The van der Waals surface area contributed by atoms with Crippen LogP contribution in [0.2, 0.25) is 0 Å². The first-order valence-corrected chi connectivity index (χ1v) is 11.1. The van der Waals surface area contributed by atoms with Crippen LogP contribution in [0, 0.1) is 6.92 Å². The quantitative estimate of drug-likeness (QED) is 0.401. The van der Waals surface area contributed by atoms with E-state index in [0.29, 0.717) is 25.8 Å². The molecule has 9 nitrogen and oxygen atoms in total. The van der Waals surface area contributed by atoms with Crippen LogP contribution >= 0.6 is 0 Å². The van der Waals surface area contributed by atoms with E-state index in [1.807, 2.05) is 0 Å². The van der Waals surface area contributed by atoms with Gasteiger partial charge in [0.05, 0.1) is 22.8 Å². The Balaban J connectivity index is 1.77. The zero-order chi connectivity index (χ0) is 22.5. The Hall–Kier alpha value is -2.31. The van der Waals surface area contributed by atoms with Gasteiger partial charge in [0.25, 0.3) is 0 Å². The van der Waals surface area contributed by atoms with Gasteiger partial charge in [0, 0.05) is 12.5 Å². The molecule has 1 unspecified atom stereocenters. The smallest absolute Gasteiger partial charge is 0.422 e. The van der Waals surface area contributed by atoms with Gasteiger partial charge in [-0.3, -0.25) is 10.1 Å². The summed E-state index contributed by atoms with van der Waals surface area (Å²) in [6.45, 7) is 1.91. The molecule has 1 saturated heterocycles. The lowest BCUT2D eigenvalue weighted by Crippen LogP contribution is -2.29. The summed E-state index contributed by atoms with van der Waals surface area (Å²) in [5.74, 6) is -1.62. The van der Waals surface area contributed by atoms with Crippen molar-refractivity contribution in [2.45, 2.75) is 45.2 Å². The molecule has 1 aromatic heterocycles. The number of carbonyl (C=O) groups excluding carboxylic acids is 2. The van der Waals surface area contributed by atoms with Gasteiger partial charge in [-0.25, -0.2) is 13.2 Å². The molecule has 3 amide bonds. The first-order valence-electron chi connectivity index (χ1n) is 9.33. The average molecular weight is 455 g/mol. The van der Waals surface area contributed by atoms with Crippen LogP contribution in [0.15, 0.2) is 4.52 Å². The highest BCUT2D eigenvalue weighted by Gasteiger charge is 2.31. The number of aromatic nitrogens is 1. The molecule has 0 aromatic carbocycles. The summed E-state index contributed by atoms with van der Waals surface area (Å²) in [6.07, 6.45) is -3.02. The van der Waals surface area contributed by atoms with Crippen LogP contribution in [0.1, 0.15) is 43.4 Å². The Bertz CT molecular complexity index is 869. The number of rotatable bonds is 11. The van der Waals surface area contributed by atoms with E-state index in [0.717, 1.165) is 0 Å². The molecule has 30 heavy (non-hydrogen) atoms. The normalized spacial score (nSPS) is 16.1. The largest absolute Gasteiger partial charge is 0.454 e. The minimum Gasteiger partial charge on any atom is -0.454 e. The van der Waals surface area contributed by atoms with Gasteiger partial charge >= 0.3 is 18.2 Å². The Morgan fingerprint density at radius 2 is 1.97 bits per heavy atom. The van der Waals surface area contributed by atoms with Gasteiger partial charge in [-0.15, -0.1) is 0 Å². The number of ether oxygens (including phenoxy) is 1. The molecule has 13 heteroatoms. The second kappa shape index (κ2) is 9.67. The van der Waals surface area contributed by atoms with Crippen LogP contribution in [0.4, 0.5) is 18.0 Å². The molecule has 0 radical (unpaired) electrons. The number of nitrogens with zero attached hydrogens (tertiary/aromatic N) is 2. The van der Waals surface area contributed by atoms with Crippen molar-refractivity contribution in [3.05, 3.63) is 11.3 Å².